The largest absolute Gasteiger partial charge is 0.382 e. The lowest BCUT2D eigenvalue weighted by atomic mass is 10.1. The first-order valence-corrected chi connectivity index (χ1v) is 10.0. The Bertz CT molecular complexity index is 1590. The molecule has 1 unspecified atom stereocenters. The summed E-state index contributed by atoms with van der Waals surface area (Å²) in [5, 5.41) is 12.2. The number of aromatic nitrogens is 4. The van der Waals surface area contributed by atoms with Crippen molar-refractivity contribution in [2.24, 2.45) is 5.73 Å². The van der Waals surface area contributed by atoms with Crippen LogP contribution in [0.5, 0.6) is 0 Å². The van der Waals surface area contributed by atoms with Crippen molar-refractivity contribution in [2.75, 3.05) is 16.8 Å². The molecule has 0 fully saturated rings. The predicted molar refractivity (Wildman–Crippen MR) is 123 cm³/mol. The highest BCUT2D eigenvalue weighted by Gasteiger charge is 2.23. The van der Waals surface area contributed by atoms with E-state index in [4.69, 9.17) is 17.2 Å². The lowest BCUT2D eigenvalue weighted by Gasteiger charge is -2.21. The maximum absolute atomic E-state index is 14.1. The van der Waals surface area contributed by atoms with E-state index < -0.39 is 29.1 Å². The van der Waals surface area contributed by atoms with Crippen molar-refractivity contribution < 1.29 is 13.6 Å². The van der Waals surface area contributed by atoms with E-state index in [2.05, 4.69) is 20.3 Å². The summed E-state index contributed by atoms with van der Waals surface area (Å²) in [5.41, 5.74) is 15.8. The summed E-state index contributed by atoms with van der Waals surface area (Å²) in [4.78, 5) is 37.8. The molecular formula is C22H17F2N9O2. The fourth-order valence-corrected chi connectivity index (χ4v) is 3.64. The maximum atomic E-state index is 14.1. The molecule has 4 rings (SSSR count). The smallest absolute Gasteiger partial charge is 0.266 e. The molecule has 7 N–H and O–H groups in total. The van der Waals surface area contributed by atoms with Crippen molar-refractivity contribution in [3.8, 4) is 11.8 Å². The number of nitrogens with one attached hydrogen (secondary N) is 1. The van der Waals surface area contributed by atoms with Gasteiger partial charge in [0.2, 0.25) is 11.9 Å². The van der Waals surface area contributed by atoms with Gasteiger partial charge >= 0.3 is 0 Å². The topological polar surface area (TPSA) is 192 Å². The molecule has 0 saturated heterocycles. The molecule has 0 bridgehead atoms. The van der Waals surface area contributed by atoms with Crippen LogP contribution in [0.25, 0.3) is 16.6 Å². The highest BCUT2D eigenvalue weighted by molar-refractivity contribution is 6.05. The number of rotatable bonds is 5. The van der Waals surface area contributed by atoms with Crippen LogP contribution in [0, 0.1) is 23.0 Å². The number of anilines is 3. The zero-order valence-electron chi connectivity index (χ0n) is 18.1. The van der Waals surface area contributed by atoms with Crippen molar-refractivity contribution in [3.05, 3.63) is 75.3 Å². The van der Waals surface area contributed by atoms with Crippen LogP contribution in [0.3, 0.4) is 0 Å². The number of carbonyl (C=O) groups excluding carboxylic acids is 1. The lowest BCUT2D eigenvalue weighted by molar-refractivity contribution is 0.100. The molecule has 0 aliphatic heterocycles. The third-order valence-corrected chi connectivity index (χ3v) is 5.10. The molecule has 35 heavy (non-hydrogen) atoms. The molecule has 1 amide bonds. The second-order valence-corrected chi connectivity index (χ2v) is 7.47. The van der Waals surface area contributed by atoms with E-state index in [9.17, 15) is 23.6 Å². The second-order valence-electron chi connectivity index (χ2n) is 7.47. The van der Waals surface area contributed by atoms with E-state index in [1.807, 2.05) is 6.07 Å². The summed E-state index contributed by atoms with van der Waals surface area (Å²) < 4.78 is 29.1. The monoisotopic (exact) mass is 477 g/mol. The molecule has 0 saturated carbocycles. The van der Waals surface area contributed by atoms with Gasteiger partial charge in [-0.25, -0.2) is 13.8 Å². The number of hydrogen-bond acceptors (Lipinski definition) is 9. The van der Waals surface area contributed by atoms with E-state index in [-0.39, 0.29) is 51.1 Å². The van der Waals surface area contributed by atoms with E-state index in [1.54, 1.807) is 6.92 Å². The molecule has 13 heteroatoms. The third-order valence-electron chi connectivity index (χ3n) is 5.10. The lowest BCUT2D eigenvalue weighted by Crippen LogP contribution is -2.29. The average Bonchev–Trinajstić information content (AvgIpc) is 2.77. The van der Waals surface area contributed by atoms with Gasteiger partial charge in [-0.15, -0.1) is 0 Å². The van der Waals surface area contributed by atoms with Gasteiger partial charge in [0.1, 0.15) is 34.9 Å². The molecule has 4 aromatic rings. The van der Waals surface area contributed by atoms with E-state index in [0.717, 1.165) is 16.7 Å². The fourth-order valence-electron chi connectivity index (χ4n) is 3.64. The number of nitrogen functional groups attached to an aromatic ring is 2. The highest BCUT2D eigenvalue weighted by Crippen LogP contribution is 2.26. The summed E-state index contributed by atoms with van der Waals surface area (Å²) in [6, 6.07) is 7.80. The standard InChI is InChI=1S/C22H17F2N9O2/c1-9(29-19-14(8-25)17(26)31-22(28)32-19)20-30-15-4-2-3-13(18(27)34)16(15)21(35)33(20)12-6-10(23)5-11(24)7-12/h2-7,9H,1H3,(H2,27,34)(H5,26,28,29,31,32). The Morgan fingerprint density at radius 2 is 1.83 bits per heavy atom. The Morgan fingerprint density at radius 3 is 2.46 bits per heavy atom. The van der Waals surface area contributed by atoms with Crippen LogP contribution in [-0.4, -0.2) is 25.4 Å². The van der Waals surface area contributed by atoms with Gasteiger partial charge < -0.3 is 22.5 Å². The van der Waals surface area contributed by atoms with Crippen LogP contribution in [-0.2, 0) is 0 Å². The van der Waals surface area contributed by atoms with Crippen molar-refractivity contribution in [3.63, 3.8) is 0 Å². The van der Waals surface area contributed by atoms with Crippen molar-refractivity contribution in [1.82, 2.24) is 19.5 Å². The fraction of sp³-hybridized carbons (Fsp3) is 0.0909. The number of halogens is 2. The summed E-state index contributed by atoms with van der Waals surface area (Å²) in [7, 11) is 0. The number of primary amides is 1. The molecule has 11 nitrogen and oxygen atoms in total. The quantitative estimate of drug-likeness (QED) is 0.331. The first kappa shape index (κ1) is 23.1. The summed E-state index contributed by atoms with van der Waals surface area (Å²) in [5.74, 6) is -3.20. The molecule has 0 aliphatic carbocycles. The van der Waals surface area contributed by atoms with Crippen LogP contribution >= 0.6 is 0 Å². The van der Waals surface area contributed by atoms with Crippen molar-refractivity contribution >= 4 is 34.4 Å². The summed E-state index contributed by atoms with van der Waals surface area (Å²) in [6.07, 6.45) is 0. The third kappa shape index (κ3) is 4.15. The Labute approximate surface area is 195 Å². The zero-order valence-corrected chi connectivity index (χ0v) is 18.1. The van der Waals surface area contributed by atoms with Crippen LogP contribution in [0.15, 0.2) is 41.2 Å². The Kier molecular flexibility index (Phi) is 5.71. The number of carbonyl (C=O) groups is 1. The molecule has 0 aliphatic rings. The minimum absolute atomic E-state index is 0.0197. The SMILES string of the molecule is CC(Nc1nc(N)nc(N)c1C#N)c1nc2cccc(C(N)=O)c2c(=O)n1-c1cc(F)cc(F)c1. The number of amides is 1. The summed E-state index contributed by atoms with van der Waals surface area (Å²) in [6.45, 7) is 1.56. The number of benzene rings is 2. The number of nitrogens with two attached hydrogens (primary N) is 3. The molecule has 0 spiro atoms. The molecule has 0 radical (unpaired) electrons. The molecule has 1 atom stereocenters. The summed E-state index contributed by atoms with van der Waals surface area (Å²) >= 11 is 0. The first-order chi connectivity index (χ1) is 16.6. The maximum Gasteiger partial charge on any atom is 0.266 e. The number of hydrogen-bond donors (Lipinski definition) is 4. The van der Waals surface area contributed by atoms with Crippen molar-refractivity contribution in [2.45, 2.75) is 13.0 Å². The first-order valence-electron chi connectivity index (χ1n) is 10.0. The molecular weight excluding hydrogens is 460 g/mol. The van der Waals surface area contributed by atoms with E-state index in [0.29, 0.717) is 6.07 Å². The van der Waals surface area contributed by atoms with Crippen LogP contribution < -0.4 is 28.1 Å². The van der Waals surface area contributed by atoms with Gasteiger partial charge in [0.25, 0.3) is 5.56 Å². The Morgan fingerprint density at radius 1 is 1.14 bits per heavy atom. The van der Waals surface area contributed by atoms with Gasteiger partial charge in [-0.1, -0.05) is 6.07 Å². The van der Waals surface area contributed by atoms with Crippen molar-refractivity contribution in [1.29, 1.82) is 5.26 Å². The van der Waals surface area contributed by atoms with E-state index >= 15 is 0 Å². The van der Waals surface area contributed by atoms with Gasteiger partial charge in [0.15, 0.2) is 5.82 Å². The van der Waals surface area contributed by atoms with Crippen LogP contribution in [0.2, 0.25) is 0 Å². The number of nitrogens with zero attached hydrogens (tertiary/aromatic N) is 5. The minimum atomic E-state index is -0.940. The highest BCUT2D eigenvalue weighted by atomic mass is 19.1. The van der Waals surface area contributed by atoms with Crippen LogP contribution in [0.1, 0.15) is 34.7 Å². The van der Waals surface area contributed by atoms with Crippen LogP contribution in [0.4, 0.5) is 26.4 Å². The normalized spacial score (nSPS) is 11.7. The van der Waals surface area contributed by atoms with Gasteiger partial charge in [-0.05, 0) is 31.2 Å². The molecule has 2 aromatic heterocycles. The molecule has 2 aromatic carbocycles. The van der Waals surface area contributed by atoms with Gasteiger partial charge in [0.05, 0.1) is 28.2 Å². The average molecular weight is 477 g/mol. The van der Waals surface area contributed by atoms with E-state index in [1.165, 1.54) is 18.2 Å². The molecule has 2 heterocycles. The second kappa shape index (κ2) is 8.67. The Hall–Kier alpha value is -5.12. The zero-order chi connectivity index (χ0) is 25.4. The Balaban J connectivity index is 2.01. The van der Waals surface area contributed by atoms with Gasteiger partial charge in [-0.3, -0.25) is 14.2 Å². The number of fused-ring (bicyclic) bond motifs is 1. The molecule has 176 valence electrons. The van der Waals surface area contributed by atoms with Gasteiger partial charge in [0, 0.05) is 6.07 Å². The number of nitriles is 1. The predicted octanol–water partition coefficient (Wildman–Crippen LogP) is 1.76. The minimum Gasteiger partial charge on any atom is -0.382 e. The van der Waals surface area contributed by atoms with Gasteiger partial charge in [-0.2, -0.15) is 15.2 Å².